The molecule has 0 spiro atoms. The Labute approximate surface area is 167 Å². The van der Waals surface area contributed by atoms with Crippen molar-refractivity contribution >= 4 is 11.6 Å². The summed E-state index contributed by atoms with van der Waals surface area (Å²) in [7, 11) is 5.22. The van der Waals surface area contributed by atoms with E-state index in [1.54, 1.807) is 21.3 Å². The number of ether oxygens (including phenoxy) is 2. The molecule has 2 N–H and O–H groups in total. The first kappa shape index (κ1) is 19.9. The fourth-order valence-electron chi connectivity index (χ4n) is 3.54. The molecule has 1 saturated heterocycles. The lowest BCUT2D eigenvalue weighted by molar-refractivity contribution is 0.411. The Morgan fingerprint density at radius 1 is 1.14 bits per heavy atom. The van der Waals surface area contributed by atoms with Gasteiger partial charge in [-0.25, -0.2) is 0 Å². The molecular formula is C22H30N4O2. The highest BCUT2D eigenvalue weighted by Gasteiger charge is 2.25. The van der Waals surface area contributed by atoms with Crippen molar-refractivity contribution in [1.29, 1.82) is 0 Å². The lowest BCUT2D eigenvalue weighted by Gasteiger charge is -2.22. The van der Waals surface area contributed by atoms with Gasteiger partial charge in [0.2, 0.25) is 0 Å². The van der Waals surface area contributed by atoms with Gasteiger partial charge in [-0.2, -0.15) is 0 Å². The molecule has 1 aliphatic rings. The zero-order valence-corrected chi connectivity index (χ0v) is 17.2. The minimum absolute atomic E-state index is 0.337. The summed E-state index contributed by atoms with van der Waals surface area (Å²) in [6.45, 7) is 4.65. The van der Waals surface area contributed by atoms with Gasteiger partial charge < -0.3 is 25.0 Å². The maximum absolute atomic E-state index is 5.50. The number of aryl methyl sites for hydroxylation is 1. The van der Waals surface area contributed by atoms with Crippen LogP contribution < -0.4 is 25.0 Å². The molecular weight excluding hydrogens is 352 g/mol. The number of rotatable bonds is 6. The predicted molar refractivity (Wildman–Crippen MR) is 115 cm³/mol. The molecule has 1 aliphatic heterocycles. The highest BCUT2D eigenvalue weighted by molar-refractivity contribution is 5.80. The number of guanidine groups is 1. The van der Waals surface area contributed by atoms with Crippen LogP contribution in [-0.4, -0.2) is 46.4 Å². The van der Waals surface area contributed by atoms with Crippen LogP contribution in [0.5, 0.6) is 11.5 Å². The van der Waals surface area contributed by atoms with Crippen LogP contribution in [0.15, 0.2) is 47.5 Å². The van der Waals surface area contributed by atoms with Crippen molar-refractivity contribution in [3.05, 3.63) is 53.6 Å². The largest absolute Gasteiger partial charge is 0.496 e. The molecule has 0 radical (unpaired) electrons. The van der Waals surface area contributed by atoms with E-state index in [2.05, 4.69) is 50.9 Å². The van der Waals surface area contributed by atoms with Crippen molar-refractivity contribution in [3.8, 4) is 11.5 Å². The fourth-order valence-corrected chi connectivity index (χ4v) is 3.54. The summed E-state index contributed by atoms with van der Waals surface area (Å²) in [5.74, 6) is 2.64. The molecule has 2 aromatic rings. The molecule has 0 aromatic heterocycles. The molecule has 150 valence electrons. The Balaban J connectivity index is 1.56. The minimum Gasteiger partial charge on any atom is -0.496 e. The van der Waals surface area contributed by atoms with Gasteiger partial charge in [-0.05, 0) is 42.7 Å². The zero-order valence-electron chi connectivity index (χ0n) is 17.2. The third-order valence-corrected chi connectivity index (χ3v) is 5.11. The molecule has 1 fully saturated rings. The smallest absolute Gasteiger partial charge is 0.191 e. The molecule has 0 bridgehead atoms. The van der Waals surface area contributed by atoms with Gasteiger partial charge in [-0.3, -0.25) is 4.99 Å². The first-order valence-corrected chi connectivity index (χ1v) is 9.63. The van der Waals surface area contributed by atoms with Gasteiger partial charge >= 0.3 is 0 Å². The van der Waals surface area contributed by atoms with Crippen molar-refractivity contribution < 1.29 is 9.47 Å². The van der Waals surface area contributed by atoms with E-state index in [4.69, 9.17) is 9.47 Å². The number of aliphatic imine (C=N–C) groups is 1. The van der Waals surface area contributed by atoms with Crippen LogP contribution in [0.2, 0.25) is 0 Å². The van der Waals surface area contributed by atoms with E-state index >= 15 is 0 Å². The summed E-state index contributed by atoms with van der Waals surface area (Å²) in [5.41, 5.74) is 3.44. The summed E-state index contributed by atoms with van der Waals surface area (Å²) in [6.07, 6.45) is 1.05. The molecule has 0 saturated carbocycles. The normalized spacial score (nSPS) is 16.8. The van der Waals surface area contributed by atoms with Gasteiger partial charge in [0, 0.05) is 32.7 Å². The lowest BCUT2D eigenvalue weighted by atomic mass is 10.1. The van der Waals surface area contributed by atoms with Gasteiger partial charge in [0.15, 0.2) is 5.96 Å². The lowest BCUT2D eigenvalue weighted by Crippen LogP contribution is -2.44. The summed E-state index contributed by atoms with van der Waals surface area (Å²) in [4.78, 5) is 6.73. The Kier molecular flexibility index (Phi) is 6.63. The molecule has 1 atom stereocenters. The van der Waals surface area contributed by atoms with Crippen LogP contribution >= 0.6 is 0 Å². The number of nitrogens with zero attached hydrogens (tertiary/aromatic N) is 2. The first-order chi connectivity index (χ1) is 13.6. The molecule has 1 unspecified atom stereocenters. The van der Waals surface area contributed by atoms with Crippen molar-refractivity contribution in [1.82, 2.24) is 10.6 Å². The molecule has 6 heteroatoms. The monoisotopic (exact) mass is 382 g/mol. The number of nitrogens with one attached hydrogen (secondary N) is 2. The average Bonchev–Trinajstić information content (AvgIpc) is 3.20. The number of methoxy groups -OCH3 is 2. The molecule has 28 heavy (non-hydrogen) atoms. The molecule has 2 aromatic carbocycles. The van der Waals surface area contributed by atoms with Crippen molar-refractivity contribution in [2.75, 3.05) is 39.3 Å². The van der Waals surface area contributed by atoms with Gasteiger partial charge in [0.1, 0.15) is 11.5 Å². The zero-order chi connectivity index (χ0) is 19.9. The van der Waals surface area contributed by atoms with Crippen molar-refractivity contribution in [3.63, 3.8) is 0 Å². The van der Waals surface area contributed by atoms with E-state index in [1.807, 2.05) is 19.1 Å². The molecule has 0 amide bonds. The second kappa shape index (κ2) is 9.35. The van der Waals surface area contributed by atoms with Crippen LogP contribution in [0.4, 0.5) is 5.69 Å². The summed E-state index contributed by atoms with van der Waals surface area (Å²) in [5, 5.41) is 6.94. The number of hydrogen-bond donors (Lipinski definition) is 2. The standard InChI is InChI=1S/C22H30N4O2/c1-16-9-10-17(13-21(16)28-4)14-24-22(23-2)25-18-11-12-26(15-18)19-7-5-6-8-20(19)27-3/h5-10,13,18H,11-12,14-15H2,1-4H3,(H2,23,24,25). The Morgan fingerprint density at radius 3 is 2.68 bits per heavy atom. The Bertz CT molecular complexity index is 822. The summed E-state index contributed by atoms with van der Waals surface area (Å²) in [6, 6.07) is 14.8. The topological polar surface area (TPSA) is 58.1 Å². The molecule has 6 nitrogen and oxygen atoms in total. The number of para-hydroxylation sites is 2. The third-order valence-electron chi connectivity index (χ3n) is 5.11. The van der Waals surface area contributed by atoms with Crippen LogP contribution in [0.25, 0.3) is 0 Å². The fraction of sp³-hybridized carbons (Fsp3) is 0.409. The van der Waals surface area contributed by atoms with Gasteiger partial charge in [-0.1, -0.05) is 24.3 Å². The average molecular weight is 383 g/mol. The van der Waals surface area contributed by atoms with Crippen LogP contribution in [-0.2, 0) is 6.54 Å². The SMILES string of the molecule is CN=C(NCc1ccc(C)c(OC)c1)NC1CCN(c2ccccc2OC)C1. The Hall–Kier alpha value is -2.89. The van der Waals surface area contributed by atoms with E-state index in [0.29, 0.717) is 12.6 Å². The molecule has 1 heterocycles. The molecule has 0 aliphatic carbocycles. The highest BCUT2D eigenvalue weighted by atomic mass is 16.5. The number of anilines is 1. The number of hydrogen-bond acceptors (Lipinski definition) is 4. The van der Waals surface area contributed by atoms with Gasteiger partial charge in [0.05, 0.1) is 19.9 Å². The van der Waals surface area contributed by atoms with E-state index < -0.39 is 0 Å². The maximum Gasteiger partial charge on any atom is 0.191 e. The Morgan fingerprint density at radius 2 is 1.93 bits per heavy atom. The molecule has 3 rings (SSSR count). The highest BCUT2D eigenvalue weighted by Crippen LogP contribution is 2.30. The second-order valence-electron chi connectivity index (χ2n) is 6.98. The van der Waals surface area contributed by atoms with E-state index in [9.17, 15) is 0 Å². The summed E-state index contributed by atoms with van der Waals surface area (Å²) >= 11 is 0. The van der Waals surface area contributed by atoms with Crippen molar-refractivity contribution in [2.24, 2.45) is 4.99 Å². The van der Waals surface area contributed by atoms with E-state index in [1.165, 1.54) is 0 Å². The maximum atomic E-state index is 5.50. The van der Waals surface area contributed by atoms with Crippen LogP contribution in [0, 0.1) is 6.92 Å². The predicted octanol–water partition coefficient (Wildman–Crippen LogP) is 2.96. The third kappa shape index (κ3) is 4.68. The first-order valence-electron chi connectivity index (χ1n) is 9.63. The van der Waals surface area contributed by atoms with Crippen LogP contribution in [0.3, 0.4) is 0 Å². The number of benzene rings is 2. The summed E-state index contributed by atoms with van der Waals surface area (Å²) < 4.78 is 10.9. The van der Waals surface area contributed by atoms with Crippen LogP contribution in [0.1, 0.15) is 17.5 Å². The van der Waals surface area contributed by atoms with Gasteiger partial charge in [0.25, 0.3) is 0 Å². The van der Waals surface area contributed by atoms with Gasteiger partial charge in [-0.15, -0.1) is 0 Å². The minimum atomic E-state index is 0.337. The van der Waals surface area contributed by atoms with E-state index in [0.717, 1.165) is 53.8 Å². The van der Waals surface area contributed by atoms with Crippen molar-refractivity contribution in [2.45, 2.75) is 25.9 Å². The van der Waals surface area contributed by atoms with E-state index in [-0.39, 0.29) is 0 Å². The quantitative estimate of drug-likeness (QED) is 0.594. The second-order valence-corrected chi connectivity index (χ2v) is 6.98.